The molecule has 0 bridgehead atoms. The van der Waals surface area contributed by atoms with Gasteiger partial charge in [-0.05, 0) is 43.8 Å². The van der Waals surface area contributed by atoms with Crippen LogP contribution < -0.4 is 10.6 Å². The molecule has 0 rings (SSSR count). The van der Waals surface area contributed by atoms with E-state index < -0.39 is 0 Å². The largest absolute Gasteiger partial charge is 0.355 e. The lowest BCUT2D eigenvalue weighted by Gasteiger charge is -2.20. The smallest absolute Gasteiger partial charge is 0.237 e. The van der Waals surface area contributed by atoms with Crippen molar-refractivity contribution in [2.24, 2.45) is 5.92 Å². The van der Waals surface area contributed by atoms with Gasteiger partial charge in [0.05, 0.1) is 6.04 Å². The lowest BCUT2D eigenvalue weighted by molar-refractivity contribution is -0.123. The Labute approximate surface area is 128 Å². The SMILES string of the molecule is CCCCCCNC(=O)C(CC(C)C)NCCCSO. The molecule has 0 aromatic rings. The van der Waals surface area contributed by atoms with Crippen LogP contribution in [0, 0.1) is 5.92 Å². The van der Waals surface area contributed by atoms with E-state index in [-0.39, 0.29) is 11.9 Å². The number of hydrogen-bond donors (Lipinski definition) is 3. The summed E-state index contributed by atoms with van der Waals surface area (Å²) in [5.74, 6) is 1.32. The average molecular weight is 304 g/mol. The molecule has 0 aliphatic heterocycles. The second-order valence-electron chi connectivity index (χ2n) is 5.67. The molecular formula is C15H32N2O2S. The molecule has 120 valence electrons. The van der Waals surface area contributed by atoms with E-state index >= 15 is 0 Å². The number of unbranched alkanes of at least 4 members (excludes halogenated alkanes) is 3. The van der Waals surface area contributed by atoms with E-state index in [2.05, 4.69) is 31.4 Å². The van der Waals surface area contributed by atoms with Crippen molar-refractivity contribution < 1.29 is 9.35 Å². The monoisotopic (exact) mass is 304 g/mol. The van der Waals surface area contributed by atoms with Crippen LogP contribution in [0.3, 0.4) is 0 Å². The lowest BCUT2D eigenvalue weighted by Crippen LogP contribution is -2.45. The highest BCUT2D eigenvalue weighted by molar-refractivity contribution is 7.93. The highest BCUT2D eigenvalue weighted by Gasteiger charge is 2.18. The Bertz CT molecular complexity index is 238. The second kappa shape index (κ2) is 13.7. The van der Waals surface area contributed by atoms with Crippen molar-refractivity contribution >= 4 is 17.9 Å². The predicted octanol–water partition coefficient (Wildman–Crippen LogP) is 3.28. The summed E-state index contributed by atoms with van der Waals surface area (Å²) < 4.78 is 8.68. The van der Waals surface area contributed by atoms with Crippen LogP contribution >= 0.6 is 12.0 Å². The third-order valence-corrected chi connectivity index (χ3v) is 3.63. The van der Waals surface area contributed by atoms with Gasteiger partial charge in [-0.15, -0.1) is 0 Å². The standard InChI is InChI=1S/C15H32N2O2S/c1-4-5-6-7-9-17-15(18)14(12-13(2)3)16-10-8-11-20-19/h13-14,16,19H,4-12H2,1-3H3,(H,17,18). The first-order valence-electron chi connectivity index (χ1n) is 7.89. The first kappa shape index (κ1) is 19.7. The van der Waals surface area contributed by atoms with E-state index in [0.29, 0.717) is 11.7 Å². The summed E-state index contributed by atoms with van der Waals surface area (Å²) in [4.78, 5) is 12.1. The number of hydrogen-bond acceptors (Lipinski definition) is 4. The maximum Gasteiger partial charge on any atom is 0.237 e. The molecule has 0 aromatic carbocycles. The number of rotatable bonds is 13. The van der Waals surface area contributed by atoms with E-state index in [1.165, 1.54) is 19.3 Å². The van der Waals surface area contributed by atoms with Crippen LogP contribution in [0.5, 0.6) is 0 Å². The Morgan fingerprint density at radius 2 is 1.90 bits per heavy atom. The molecule has 5 heteroatoms. The van der Waals surface area contributed by atoms with Crippen molar-refractivity contribution in [1.82, 2.24) is 10.6 Å². The average Bonchev–Trinajstić information content (AvgIpc) is 2.41. The Hall–Kier alpha value is -0.260. The molecule has 0 heterocycles. The van der Waals surface area contributed by atoms with Gasteiger partial charge in [-0.3, -0.25) is 4.79 Å². The first-order chi connectivity index (χ1) is 9.61. The van der Waals surface area contributed by atoms with Crippen LogP contribution in [-0.4, -0.2) is 35.3 Å². The van der Waals surface area contributed by atoms with E-state index in [1.807, 2.05) is 0 Å². The molecule has 0 aliphatic rings. The minimum Gasteiger partial charge on any atom is -0.355 e. The van der Waals surface area contributed by atoms with Crippen LogP contribution in [0.2, 0.25) is 0 Å². The van der Waals surface area contributed by atoms with Crippen molar-refractivity contribution in [1.29, 1.82) is 0 Å². The summed E-state index contributed by atoms with van der Waals surface area (Å²) in [5.41, 5.74) is 0. The summed E-state index contributed by atoms with van der Waals surface area (Å²) in [6, 6.07) is -0.107. The molecule has 3 N–H and O–H groups in total. The Balaban J connectivity index is 3.94. The first-order valence-corrected chi connectivity index (χ1v) is 8.83. The third kappa shape index (κ3) is 11.6. The fourth-order valence-corrected chi connectivity index (χ4v) is 2.33. The molecule has 0 spiro atoms. The van der Waals surface area contributed by atoms with E-state index in [1.54, 1.807) is 0 Å². The van der Waals surface area contributed by atoms with Gasteiger partial charge in [0, 0.05) is 12.3 Å². The second-order valence-corrected chi connectivity index (χ2v) is 6.34. The van der Waals surface area contributed by atoms with E-state index in [4.69, 9.17) is 4.55 Å². The molecule has 0 fully saturated rings. The maximum atomic E-state index is 12.1. The molecule has 1 unspecified atom stereocenters. The van der Waals surface area contributed by atoms with Crippen LogP contribution in [0.4, 0.5) is 0 Å². The molecule has 0 aromatic heterocycles. The van der Waals surface area contributed by atoms with Gasteiger partial charge < -0.3 is 15.2 Å². The third-order valence-electron chi connectivity index (χ3n) is 3.16. The van der Waals surface area contributed by atoms with E-state index in [9.17, 15) is 4.79 Å². The van der Waals surface area contributed by atoms with Crippen LogP contribution in [0.25, 0.3) is 0 Å². The zero-order valence-corrected chi connectivity index (χ0v) is 14.1. The van der Waals surface area contributed by atoms with Gasteiger partial charge in [-0.2, -0.15) is 0 Å². The Morgan fingerprint density at radius 1 is 1.15 bits per heavy atom. The summed E-state index contributed by atoms with van der Waals surface area (Å²) >= 11 is 0.856. The Kier molecular flexibility index (Phi) is 13.5. The number of carbonyl (C=O) groups excluding carboxylic acids is 1. The van der Waals surface area contributed by atoms with Crippen molar-refractivity contribution in [3.05, 3.63) is 0 Å². The van der Waals surface area contributed by atoms with Crippen molar-refractivity contribution in [2.75, 3.05) is 18.8 Å². The van der Waals surface area contributed by atoms with Crippen LogP contribution in [-0.2, 0) is 4.79 Å². The van der Waals surface area contributed by atoms with Gasteiger partial charge in [-0.25, -0.2) is 0 Å². The molecule has 0 saturated heterocycles. The highest BCUT2D eigenvalue weighted by Crippen LogP contribution is 2.06. The molecule has 4 nitrogen and oxygen atoms in total. The number of nitrogens with one attached hydrogen (secondary N) is 2. The molecule has 1 atom stereocenters. The normalized spacial score (nSPS) is 12.7. The number of carbonyl (C=O) groups is 1. The molecule has 0 aliphatic carbocycles. The van der Waals surface area contributed by atoms with Gasteiger partial charge in [0.15, 0.2) is 0 Å². The lowest BCUT2D eigenvalue weighted by atomic mass is 10.0. The van der Waals surface area contributed by atoms with Gasteiger partial charge in [-0.1, -0.05) is 40.0 Å². The summed E-state index contributed by atoms with van der Waals surface area (Å²) in [6.45, 7) is 8.00. The maximum absolute atomic E-state index is 12.1. The molecule has 1 amide bonds. The minimum absolute atomic E-state index is 0.107. The van der Waals surface area contributed by atoms with Crippen LogP contribution in [0.15, 0.2) is 0 Å². The summed E-state index contributed by atoms with van der Waals surface area (Å²) in [6.07, 6.45) is 6.44. The highest BCUT2D eigenvalue weighted by atomic mass is 32.2. The molecular weight excluding hydrogens is 272 g/mol. The molecule has 0 saturated carbocycles. The van der Waals surface area contributed by atoms with Gasteiger partial charge in [0.1, 0.15) is 0 Å². The molecule has 20 heavy (non-hydrogen) atoms. The van der Waals surface area contributed by atoms with Gasteiger partial charge in [0.25, 0.3) is 0 Å². The number of amides is 1. The zero-order valence-electron chi connectivity index (χ0n) is 13.3. The zero-order chi connectivity index (χ0) is 15.2. The minimum atomic E-state index is -0.107. The van der Waals surface area contributed by atoms with Gasteiger partial charge in [0.2, 0.25) is 5.91 Å². The van der Waals surface area contributed by atoms with Crippen molar-refractivity contribution in [3.63, 3.8) is 0 Å². The fourth-order valence-electron chi connectivity index (χ4n) is 2.05. The van der Waals surface area contributed by atoms with E-state index in [0.717, 1.165) is 44.4 Å². The summed E-state index contributed by atoms with van der Waals surface area (Å²) in [5, 5.41) is 6.33. The molecule has 0 radical (unpaired) electrons. The quantitative estimate of drug-likeness (QED) is 0.361. The topological polar surface area (TPSA) is 61.4 Å². The summed E-state index contributed by atoms with van der Waals surface area (Å²) in [7, 11) is 0. The Morgan fingerprint density at radius 3 is 2.50 bits per heavy atom. The van der Waals surface area contributed by atoms with Crippen LogP contribution in [0.1, 0.15) is 59.3 Å². The van der Waals surface area contributed by atoms with Crippen molar-refractivity contribution in [2.45, 2.75) is 65.3 Å². The van der Waals surface area contributed by atoms with Crippen molar-refractivity contribution in [3.8, 4) is 0 Å². The fraction of sp³-hybridized carbons (Fsp3) is 0.933. The predicted molar refractivity (Wildman–Crippen MR) is 88.1 cm³/mol. The van der Waals surface area contributed by atoms with Gasteiger partial charge >= 0.3 is 0 Å².